The van der Waals surface area contributed by atoms with Crippen molar-refractivity contribution >= 4 is 20.2 Å². The van der Waals surface area contributed by atoms with Gasteiger partial charge in [-0.2, -0.15) is 16.8 Å². The van der Waals surface area contributed by atoms with E-state index in [9.17, 15) is 16.8 Å². The maximum atomic E-state index is 11.2. The fourth-order valence-electron chi connectivity index (χ4n) is 2.67. The Balaban J connectivity index is 2.18. The van der Waals surface area contributed by atoms with Crippen molar-refractivity contribution in [3.8, 4) is 0 Å². The van der Waals surface area contributed by atoms with E-state index in [-0.39, 0.29) is 6.04 Å². The molecule has 2 aliphatic heterocycles. The number of nitrogens with zero attached hydrogens (tertiary/aromatic N) is 1. The molecule has 2 rings (SSSR count). The average molecular weight is 299 g/mol. The molecule has 0 saturated carbocycles. The minimum absolute atomic E-state index is 0.0773. The summed E-state index contributed by atoms with van der Waals surface area (Å²) in [6.07, 6.45) is 2.18. The van der Waals surface area contributed by atoms with Crippen LogP contribution < -0.4 is 0 Å². The van der Waals surface area contributed by atoms with Gasteiger partial charge in [-0.1, -0.05) is 0 Å². The molecule has 0 aromatic carbocycles. The summed E-state index contributed by atoms with van der Waals surface area (Å²) < 4.78 is 54.8. The summed E-state index contributed by atoms with van der Waals surface area (Å²) in [5, 5.41) is 0. The summed E-state index contributed by atoms with van der Waals surface area (Å²) in [6.45, 7) is 1.20. The molecule has 18 heavy (non-hydrogen) atoms. The summed E-state index contributed by atoms with van der Waals surface area (Å²) in [5.41, 5.74) is 0. The standard InChI is InChI=1S/C9H17NO6S2/c1-17(11,12)15-8-6-10-5-3-4-7(10)9(8)16-18(2,13)14/h7-9H,3-6H2,1-2H3/t7-,8+,9-/m0/s1. The van der Waals surface area contributed by atoms with Gasteiger partial charge in [0.05, 0.1) is 12.5 Å². The van der Waals surface area contributed by atoms with E-state index < -0.39 is 32.4 Å². The third-order valence-corrected chi connectivity index (χ3v) is 4.33. The van der Waals surface area contributed by atoms with Crippen molar-refractivity contribution < 1.29 is 25.2 Å². The van der Waals surface area contributed by atoms with Crippen LogP contribution in [0.15, 0.2) is 0 Å². The lowest BCUT2D eigenvalue weighted by molar-refractivity contribution is 0.0830. The third kappa shape index (κ3) is 3.41. The van der Waals surface area contributed by atoms with E-state index in [1.807, 2.05) is 4.90 Å². The quantitative estimate of drug-likeness (QED) is 0.625. The summed E-state index contributed by atoms with van der Waals surface area (Å²) in [6, 6.07) is -0.0773. The van der Waals surface area contributed by atoms with Crippen LogP contribution in [0.25, 0.3) is 0 Å². The Bertz CT molecular complexity index is 513. The Morgan fingerprint density at radius 3 is 2.22 bits per heavy atom. The number of fused-ring (bicyclic) bond motifs is 1. The van der Waals surface area contributed by atoms with Gasteiger partial charge in [-0.15, -0.1) is 0 Å². The zero-order valence-corrected chi connectivity index (χ0v) is 11.9. The van der Waals surface area contributed by atoms with Gasteiger partial charge < -0.3 is 0 Å². The topological polar surface area (TPSA) is 90.0 Å². The van der Waals surface area contributed by atoms with Crippen LogP contribution in [0.1, 0.15) is 12.8 Å². The van der Waals surface area contributed by atoms with E-state index in [4.69, 9.17) is 8.37 Å². The molecule has 0 aromatic heterocycles. The molecule has 2 aliphatic rings. The van der Waals surface area contributed by atoms with Crippen LogP contribution in [0.2, 0.25) is 0 Å². The van der Waals surface area contributed by atoms with Crippen molar-refractivity contribution in [2.24, 2.45) is 0 Å². The Hall–Kier alpha value is -0.220. The maximum absolute atomic E-state index is 11.2. The molecule has 0 aliphatic carbocycles. The zero-order chi connectivity index (χ0) is 13.6. The van der Waals surface area contributed by atoms with Crippen molar-refractivity contribution in [3.05, 3.63) is 0 Å². The van der Waals surface area contributed by atoms with Gasteiger partial charge in [0.25, 0.3) is 20.2 Å². The van der Waals surface area contributed by atoms with E-state index in [0.717, 1.165) is 31.9 Å². The highest BCUT2D eigenvalue weighted by atomic mass is 32.2. The lowest BCUT2D eigenvalue weighted by atomic mass is 10.1. The summed E-state index contributed by atoms with van der Waals surface area (Å²) in [5.74, 6) is 0. The van der Waals surface area contributed by atoms with Crippen molar-refractivity contribution in [1.82, 2.24) is 4.90 Å². The summed E-state index contributed by atoms with van der Waals surface area (Å²) in [7, 11) is -7.26. The van der Waals surface area contributed by atoms with E-state index >= 15 is 0 Å². The second-order valence-electron chi connectivity index (χ2n) is 4.81. The maximum Gasteiger partial charge on any atom is 0.264 e. The molecule has 0 amide bonds. The molecule has 2 heterocycles. The first-order valence-electron chi connectivity index (χ1n) is 5.66. The first kappa shape index (κ1) is 14.2. The smallest absolute Gasteiger partial charge is 0.264 e. The van der Waals surface area contributed by atoms with Crippen LogP contribution in [-0.2, 0) is 28.6 Å². The fourth-order valence-corrected chi connectivity index (χ4v) is 3.95. The monoisotopic (exact) mass is 299 g/mol. The summed E-state index contributed by atoms with van der Waals surface area (Å²) in [4.78, 5) is 2.02. The predicted octanol–water partition coefficient (Wildman–Crippen LogP) is -0.846. The van der Waals surface area contributed by atoms with Crippen LogP contribution in [-0.4, -0.2) is 65.6 Å². The average Bonchev–Trinajstić information content (AvgIpc) is 2.66. The van der Waals surface area contributed by atoms with Gasteiger partial charge in [-0.3, -0.25) is 13.3 Å². The Morgan fingerprint density at radius 2 is 1.67 bits per heavy atom. The SMILES string of the molecule is CS(=O)(=O)O[C@@H]1[C@H](OS(C)(=O)=O)CN2CCC[C@@H]12. The highest BCUT2D eigenvalue weighted by Crippen LogP contribution is 2.33. The second-order valence-corrected chi connectivity index (χ2v) is 8.01. The molecule has 0 spiro atoms. The molecule has 0 unspecified atom stereocenters. The number of hydrogen-bond donors (Lipinski definition) is 0. The zero-order valence-electron chi connectivity index (χ0n) is 10.3. The van der Waals surface area contributed by atoms with Crippen LogP contribution in [0.3, 0.4) is 0 Å². The molecule has 9 heteroatoms. The van der Waals surface area contributed by atoms with Gasteiger partial charge in [0.2, 0.25) is 0 Å². The Labute approximate surface area is 107 Å². The number of rotatable bonds is 4. The number of hydrogen-bond acceptors (Lipinski definition) is 7. The molecule has 2 fully saturated rings. The molecular formula is C9H17NO6S2. The Morgan fingerprint density at radius 1 is 1.06 bits per heavy atom. The van der Waals surface area contributed by atoms with Gasteiger partial charge in [0.1, 0.15) is 12.2 Å². The molecule has 2 saturated heterocycles. The van der Waals surface area contributed by atoms with Crippen LogP contribution in [0.5, 0.6) is 0 Å². The molecule has 106 valence electrons. The highest BCUT2D eigenvalue weighted by molar-refractivity contribution is 7.86. The van der Waals surface area contributed by atoms with E-state index in [1.165, 1.54) is 0 Å². The van der Waals surface area contributed by atoms with Gasteiger partial charge in [-0.25, -0.2) is 0 Å². The van der Waals surface area contributed by atoms with Crippen molar-refractivity contribution in [2.45, 2.75) is 31.1 Å². The van der Waals surface area contributed by atoms with E-state index in [1.54, 1.807) is 0 Å². The second kappa shape index (κ2) is 4.71. The van der Waals surface area contributed by atoms with Crippen molar-refractivity contribution in [3.63, 3.8) is 0 Å². The van der Waals surface area contributed by atoms with Gasteiger partial charge in [0.15, 0.2) is 0 Å². The highest BCUT2D eigenvalue weighted by Gasteiger charge is 2.48. The normalized spacial score (nSPS) is 33.8. The third-order valence-electron chi connectivity index (χ3n) is 3.16. The summed E-state index contributed by atoms with van der Waals surface area (Å²) >= 11 is 0. The van der Waals surface area contributed by atoms with Gasteiger partial charge in [0, 0.05) is 12.6 Å². The van der Waals surface area contributed by atoms with Crippen LogP contribution >= 0.6 is 0 Å². The molecule has 0 N–H and O–H groups in total. The molecule has 0 aromatic rings. The molecule has 3 atom stereocenters. The molecule has 7 nitrogen and oxygen atoms in total. The largest absolute Gasteiger partial charge is 0.295 e. The molecule has 0 bridgehead atoms. The minimum Gasteiger partial charge on any atom is -0.295 e. The first-order chi connectivity index (χ1) is 8.16. The first-order valence-corrected chi connectivity index (χ1v) is 9.29. The van der Waals surface area contributed by atoms with Gasteiger partial charge >= 0.3 is 0 Å². The molecule has 0 radical (unpaired) electrons. The fraction of sp³-hybridized carbons (Fsp3) is 1.00. The van der Waals surface area contributed by atoms with Crippen molar-refractivity contribution in [1.29, 1.82) is 0 Å². The minimum atomic E-state index is -3.64. The Kier molecular flexibility index (Phi) is 3.72. The van der Waals surface area contributed by atoms with Gasteiger partial charge in [-0.05, 0) is 19.4 Å². The predicted molar refractivity (Wildman–Crippen MR) is 64.0 cm³/mol. The van der Waals surface area contributed by atoms with Crippen LogP contribution in [0, 0.1) is 0 Å². The lowest BCUT2D eigenvalue weighted by Gasteiger charge is -2.21. The van der Waals surface area contributed by atoms with Crippen molar-refractivity contribution in [2.75, 3.05) is 25.6 Å². The van der Waals surface area contributed by atoms with E-state index in [2.05, 4.69) is 0 Å². The molecular weight excluding hydrogens is 282 g/mol. The van der Waals surface area contributed by atoms with Crippen LogP contribution in [0.4, 0.5) is 0 Å². The van der Waals surface area contributed by atoms with E-state index in [0.29, 0.717) is 6.54 Å². The lowest BCUT2D eigenvalue weighted by Crippen LogP contribution is -2.37.